The SMILES string of the molecule is CCOC(=O)C(NNc1cccc([N+](=O)[O-])c1)=C(C)[O-]. The van der Waals surface area contributed by atoms with Crippen LogP contribution >= 0.6 is 0 Å². The lowest BCUT2D eigenvalue weighted by Crippen LogP contribution is -2.31. The summed E-state index contributed by atoms with van der Waals surface area (Å²) in [6, 6.07) is 5.60. The Balaban J connectivity index is 2.79. The number of non-ortho nitro benzene ring substituents is 1. The Bertz CT molecular complexity index is 538. The Kier molecular flexibility index (Phi) is 5.33. The molecule has 1 aromatic rings. The molecule has 0 amide bonds. The van der Waals surface area contributed by atoms with E-state index in [-0.39, 0.29) is 18.0 Å². The van der Waals surface area contributed by atoms with Crippen molar-refractivity contribution in [3.8, 4) is 0 Å². The Morgan fingerprint density at radius 2 is 2.15 bits per heavy atom. The highest BCUT2D eigenvalue weighted by atomic mass is 16.6. The topological polar surface area (TPSA) is 117 Å². The number of carbonyl (C=O) groups excluding carboxylic acids is 1. The fraction of sp³-hybridized carbons (Fsp3) is 0.250. The number of nitrogens with one attached hydrogen (secondary N) is 2. The Labute approximate surface area is 115 Å². The highest BCUT2D eigenvalue weighted by Crippen LogP contribution is 2.16. The molecule has 0 saturated heterocycles. The van der Waals surface area contributed by atoms with Crippen LogP contribution in [0.3, 0.4) is 0 Å². The quantitative estimate of drug-likeness (QED) is 0.258. The molecule has 8 nitrogen and oxygen atoms in total. The molecule has 0 unspecified atom stereocenters. The first-order chi connectivity index (χ1) is 9.45. The van der Waals surface area contributed by atoms with Gasteiger partial charge in [0.2, 0.25) is 0 Å². The number of anilines is 1. The highest BCUT2D eigenvalue weighted by molar-refractivity contribution is 5.88. The number of nitrogens with zero attached hydrogens (tertiary/aromatic N) is 1. The van der Waals surface area contributed by atoms with Crippen LogP contribution < -0.4 is 16.0 Å². The van der Waals surface area contributed by atoms with Crippen LogP contribution in [0.15, 0.2) is 35.7 Å². The first-order valence-corrected chi connectivity index (χ1v) is 5.77. The zero-order valence-electron chi connectivity index (χ0n) is 11.0. The van der Waals surface area contributed by atoms with Crippen LogP contribution in [-0.2, 0) is 9.53 Å². The van der Waals surface area contributed by atoms with Crippen LogP contribution in [0.25, 0.3) is 0 Å². The van der Waals surface area contributed by atoms with E-state index in [1.54, 1.807) is 13.0 Å². The van der Waals surface area contributed by atoms with E-state index in [9.17, 15) is 20.0 Å². The molecule has 1 aromatic carbocycles. The van der Waals surface area contributed by atoms with Gasteiger partial charge in [0.25, 0.3) is 5.69 Å². The van der Waals surface area contributed by atoms with Crippen LogP contribution in [0.5, 0.6) is 0 Å². The van der Waals surface area contributed by atoms with Crippen molar-refractivity contribution in [1.29, 1.82) is 0 Å². The van der Waals surface area contributed by atoms with Crippen molar-refractivity contribution in [2.24, 2.45) is 0 Å². The smallest absolute Gasteiger partial charge is 0.355 e. The number of hydrazine groups is 1. The van der Waals surface area contributed by atoms with Crippen LogP contribution in [0.1, 0.15) is 13.8 Å². The second-order valence-corrected chi connectivity index (χ2v) is 3.71. The fourth-order valence-corrected chi connectivity index (χ4v) is 1.32. The largest absolute Gasteiger partial charge is 0.874 e. The summed E-state index contributed by atoms with van der Waals surface area (Å²) in [6.45, 7) is 2.95. The zero-order chi connectivity index (χ0) is 15.1. The number of esters is 1. The average Bonchev–Trinajstić information content (AvgIpc) is 2.39. The molecule has 0 fully saturated rings. The highest BCUT2D eigenvalue weighted by Gasteiger charge is 2.11. The van der Waals surface area contributed by atoms with Crippen molar-refractivity contribution in [1.82, 2.24) is 5.43 Å². The molecule has 8 heteroatoms. The number of hydrogen-bond acceptors (Lipinski definition) is 7. The molecule has 0 aromatic heterocycles. The van der Waals surface area contributed by atoms with Gasteiger partial charge in [-0.1, -0.05) is 13.0 Å². The van der Waals surface area contributed by atoms with Crippen molar-refractivity contribution in [2.75, 3.05) is 12.0 Å². The first kappa shape index (κ1) is 15.3. The van der Waals surface area contributed by atoms with E-state index in [0.29, 0.717) is 5.69 Å². The van der Waals surface area contributed by atoms with Gasteiger partial charge in [-0.15, -0.1) is 5.76 Å². The lowest BCUT2D eigenvalue weighted by Gasteiger charge is -2.17. The van der Waals surface area contributed by atoms with Gasteiger partial charge in [0, 0.05) is 12.1 Å². The molecule has 0 saturated carbocycles. The van der Waals surface area contributed by atoms with E-state index in [4.69, 9.17) is 4.74 Å². The third-order valence-electron chi connectivity index (χ3n) is 2.22. The zero-order valence-corrected chi connectivity index (χ0v) is 11.0. The van der Waals surface area contributed by atoms with Crippen molar-refractivity contribution in [2.45, 2.75) is 13.8 Å². The van der Waals surface area contributed by atoms with Gasteiger partial charge in [0.15, 0.2) is 0 Å². The molecule has 0 bridgehead atoms. The number of benzene rings is 1. The molecule has 0 spiro atoms. The molecule has 20 heavy (non-hydrogen) atoms. The predicted octanol–water partition coefficient (Wildman–Crippen LogP) is 0.666. The normalized spacial score (nSPS) is 11.3. The van der Waals surface area contributed by atoms with Crippen molar-refractivity contribution in [3.05, 3.63) is 45.8 Å². The maximum absolute atomic E-state index is 11.5. The number of rotatable bonds is 6. The third-order valence-corrected chi connectivity index (χ3v) is 2.22. The lowest BCUT2D eigenvalue weighted by molar-refractivity contribution is -0.384. The molecule has 0 aliphatic heterocycles. The summed E-state index contributed by atoms with van der Waals surface area (Å²) in [5, 5.41) is 21.9. The minimum absolute atomic E-state index is 0.114. The van der Waals surface area contributed by atoms with Gasteiger partial charge >= 0.3 is 5.97 Å². The first-order valence-electron chi connectivity index (χ1n) is 5.77. The van der Waals surface area contributed by atoms with Gasteiger partial charge in [0.1, 0.15) is 5.70 Å². The van der Waals surface area contributed by atoms with Gasteiger partial charge < -0.3 is 15.3 Å². The predicted molar refractivity (Wildman–Crippen MR) is 69.2 cm³/mol. The summed E-state index contributed by atoms with van der Waals surface area (Å²) in [7, 11) is 0. The number of ether oxygens (including phenoxy) is 1. The molecule has 2 N–H and O–H groups in total. The summed E-state index contributed by atoms with van der Waals surface area (Å²) in [5.41, 5.74) is 4.90. The number of hydrogen-bond donors (Lipinski definition) is 2. The molecule has 0 radical (unpaired) electrons. The maximum atomic E-state index is 11.5. The van der Waals surface area contributed by atoms with E-state index in [0.717, 1.165) is 0 Å². The van der Waals surface area contributed by atoms with Crippen molar-refractivity contribution < 1.29 is 19.6 Å². The third kappa shape index (κ3) is 4.16. The van der Waals surface area contributed by atoms with Crippen molar-refractivity contribution >= 4 is 17.3 Å². The van der Waals surface area contributed by atoms with Gasteiger partial charge in [0.05, 0.1) is 17.2 Å². The molecule has 0 aliphatic rings. The molecule has 0 aliphatic carbocycles. The van der Waals surface area contributed by atoms with Gasteiger partial charge in [-0.2, -0.15) is 0 Å². The van der Waals surface area contributed by atoms with Gasteiger partial charge in [-0.3, -0.25) is 15.5 Å². The number of carbonyl (C=O) groups is 1. The summed E-state index contributed by atoms with van der Waals surface area (Å²) >= 11 is 0. The number of allylic oxidation sites excluding steroid dienone is 1. The van der Waals surface area contributed by atoms with Crippen LogP contribution in [-0.4, -0.2) is 17.5 Å². The number of nitro benzene ring substituents is 1. The maximum Gasteiger partial charge on any atom is 0.355 e. The van der Waals surface area contributed by atoms with Crippen LogP contribution in [0.4, 0.5) is 11.4 Å². The van der Waals surface area contributed by atoms with E-state index in [1.807, 2.05) is 0 Å². The Morgan fingerprint density at radius 1 is 1.45 bits per heavy atom. The molecule has 0 heterocycles. The van der Waals surface area contributed by atoms with Crippen LogP contribution in [0, 0.1) is 10.1 Å². The molecule has 108 valence electrons. The summed E-state index contributed by atoms with van der Waals surface area (Å²) in [5.74, 6) is -1.31. The van der Waals surface area contributed by atoms with E-state index < -0.39 is 16.7 Å². The summed E-state index contributed by atoms with van der Waals surface area (Å²) < 4.78 is 4.71. The van der Waals surface area contributed by atoms with E-state index >= 15 is 0 Å². The average molecular weight is 280 g/mol. The van der Waals surface area contributed by atoms with Gasteiger partial charge in [-0.25, -0.2) is 4.79 Å². The van der Waals surface area contributed by atoms with E-state index in [2.05, 4.69) is 10.9 Å². The minimum Gasteiger partial charge on any atom is -0.874 e. The number of nitro groups is 1. The van der Waals surface area contributed by atoms with Crippen LogP contribution in [0.2, 0.25) is 0 Å². The fourth-order valence-electron chi connectivity index (χ4n) is 1.32. The Morgan fingerprint density at radius 3 is 2.70 bits per heavy atom. The standard InChI is InChI=1S/C12H15N3O5/c1-3-20-12(17)11(8(2)16)14-13-9-5-4-6-10(7-9)15(18)19/h4-7,13-14,16H,3H2,1-2H3/p-1. The molecule has 0 atom stereocenters. The Hall–Kier alpha value is -2.77. The second-order valence-electron chi connectivity index (χ2n) is 3.71. The summed E-state index contributed by atoms with van der Waals surface area (Å²) in [6.07, 6.45) is 0. The van der Waals surface area contributed by atoms with Crippen molar-refractivity contribution in [3.63, 3.8) is 0 Å². The monoisotopic (exact) mass is 280 g/mol. The lowest BCUT2D eigenvalue weighted by atomic mass is 10.3. The molecule has 1 rings (SSSR count). The summed E-state index contributed by atoms with van der Waals surface area (Å²) in [4.78, 5) is 21.6. The molecular formula is C12H14N3O5-. The second kappa shape index (κ2) is 6.98. The van der Waals surface area contributed by atoms with E-state index in [1.165, 1.54) is 25.1 Å². The minimum atomic E-state index is -0.794. The molecular weight excluding hydrogens is 266 g/mol. The van der Waals surface area contributed by atoms with Gasteiger partial charge in [-0.05, 0) is 13.0 Å².